The molecule has 0 spiro atoms. The lowest BCUT2D eigenvalue weighted by Gasteiger charge is -2.04. The maximum Gasteiger partial charge on any atom is 0.328 e. The summed E-state index contributed by atoms with van der Waals surface area (Å²) in [7, 11) is 0. The molecule has 2 N–H and O–H groups in total. The van der Waals surface area contributed by atoms with Gasteiger partial charge in [0.15, 0.2) is 0 Å². The summed E-state index contributed by atoms with van der Waals surface area (Å²) in [6.07, 6.45) is 0. The standard InChI is InChI=1S/C9H5BrClFN4O/c10-5-3-4(1-2-6(5)12)17-9-15-7(11)14-8(13)16-9/h1-3H,(H2,13,14,15,16). The third-order valence-corrected chi connectivity index (χ3v) is 2.48. The van der Waals surface area contributed by atoms with Gasteiger partial charge in [0, 0.05) is 0 Å². The van der Waals surface area contributed by atoms with Crippen LogP contribution in [0.3, 0.4) is 0 Å². The minimum absolute atomic E-state index is 0.0545. The molecule has 0 aliphatic heterocycles. The van der Waals surface area contributed by atoms with Gasteiger partial charge in [-0.15, -0.1) is 0 Å². The number of nitrogens with zero attached hydrogens (tertiary/aromatic N) is 3. The van der Waals surface area contributed by atoms with E-state index in [1.165, 1.54) is 18.2 Å². The van der Waals surface area contributed by atoms with Crippen LogP contribution < -0.4 is 10.5 Å². The molecule has 8 heteroatoms. The predicted octanol–water partition coefficient (Wildman–Crippen LogP) is 2.80. The maximum atomic E-state index is 13.0. The van der Waals surface area contributed by atoms with E-state index in [2.05, 4.69) is 30.9 Å². The number of aromatic nitrogens is 3. The third kappa shape index (κ3) is 3.01. The first-order chi connectivity index (χ1) is 8.04. The molecule has 1 heterocycles. The van der Waals surface area contributed by atoms with Crippen LogP contribution in [0.5, 0.6) is 11.8 Å². The number of halogens is 3. The zero-order valence-corrected chi connectivity index (χ0v) is 10.5. The van der Waals surface area contributed by atoms with Crippen LogP contribution in [0.4, 0.5) is 10.3 Å². The van der Waals surface area contributed by atoms with Gasteiger partial charge in [-0.1, -0.05) is 0 Å². The topological polar surface area (TPSA) is 73.9 Å². The number of ether oxygens (including phenoxy) is 1. The number of nitrogens with two attached hydrogens (primary N) is 1. The SMILES string of the molecule is Nc1nc(Cl)nc(Oc2ccc(F)c(Br)c2)n1. The molecule has 0 saturated heterocycles. The average Bonchev–Trinajstić information content (AvgIpc) is 2.22. The van der Waals surface area contributed by atoms with Gasteiger partial charge in [0.2, 0.25) is 11.2 Å². The van der Waals surface area contributed by atoms with E-state index in [4.69, 9.17) is 22.1 Å². The minimum Gasteiger partial charge on any atom is -0.424 e. The van der Waals surface area contributed by atoms with Gasteiger partial charge in [0.05, 0.1) is 4.47 Å². The van der Waals surface area contributed by atoms with E-state index in [1.54, 1.807) is 0 Å². The van der Waals surface area contributed by atoms with Crippen molar-refractivity contribution in [2.45, 2.75) is 0 Å². The fraction of sp³-hybridized carbons (Fsp3) is 0. The van der Waals surface area contributed by atoms with Crippen LogP contribution in [-0.4, -0.2) is 15.0 Å². The van der Waals surface area contributed by atoms with Crippen molar-refractivity contribution in [3.8, 4) is 11.8 Å². The van der Waals surface area contributed by atoms with Crippen molar-refractivity contribution in [1.29, 1.82) is 0 Å². The fourth-order valence-electron chi connectivity index (χ4n) is 1.04. The molecule has 0 radical (unpaired) electrons. The van der Waals surface area contributed by atoms with E-state index in [1.807, 2.05) is 0 Å². The Bertz CT molecular complexity index is 548. The number of hydrogen-bond donors (Lipinski definition) is 1. The minimum atomic E-state index is -0.398. The van der Waals surface area contributed by atoms with Crippen LogP contribution in [0, 0.1) is 5.82 Å². The van der Waals surface area contributed by atoms with Crippen LogP contribution >= 0.6 is 27.5 Å². The Morgan fingerprint density at radius 3 is 2.71 bits per heavy atom. The lowest BCUT2D eigenvalue weighted by Crippen LogP contribution is -2.00. The second-order valence-electron chi connectivity index (χ2n) is 2.92. The molecule has 0 aliphatic carbocycles. The highest BCUT2D eigenvalue weighted by molar-refractivity contribution is 9.10. The van der Waals surface area contributed by atoms with Crippen LogP contribution in [0.15, 0.2) is 22.7 Å². The smallest absolute Gasteiger partial charge is 0.328 e. The number of nitrogen functional groups attached to an aromatic ring is 1. The molecule has 0 atom stereocenters. The molecule has 0 bridgehead atoms. The normalized spacial score (nSPS) is 10.3. The van der Waals surface area contributed by atoms with E-state index < -0.39 is 5.82 Å². The van der Waals surface area contributed by atoms with Crippen molar-refractivity contribution in [3.05, 3.63) is 33.8 Å². The Balaban J connectivity index is 2.28. The maximum absolute atomic E-state index is 13.0. The van der Waals surface area contributed by atoms with E-state index in [0.717, 1.165) is 0 Å². The Morgan fingerprint density at radius 1 is 1.29 bits per heavy atom. The lowest BCUT2D eigenvalue weighted by molar-refractivity contribution is 0.439. The van der Waals surface area contributed by atoms with Gasteiger partial charge in [-0.05, 0) is 45.7 Å². The van der Waals surface area contributed by atoms with Gasteiger partial charge in [-0.25, -0.2) is 4.39 Å². The highest BCUT2D eigenvalue weighted by Gasteiger charge is 2.07. The first kappa shape index (κ1) is 12.0. The summed E-state index contributed by atoms with van der Waals surface area (Å²) in [5, 5.41) is -0.0753. The van der Waals surface area contributed by atoms with Gasteiger partial charge in [0.25, 0.3) is 0 Å². The molecular weight excluding hydrogens is 314 g/mol. The second-order valence-corrected chi connectivity index (χ2v) is 4.12. The van der Waals surface area contributed by atoms with Gasteiger partial charge < -0.3 is 10.5 Å². The van der Waals surface area contributed by atoms with Crippen molar-refractivity contribution < 1.29 is 9.13 Å². The van der Waals surface area contributed by atoms with Crippen molar-refractivity contribution in [1.82, 2.24) is 15.0 Å². The lowest BCUT2D eigenvalue weighted by atomic mass is 10.3. The van der Waals surface area contributed by atoms with Crippen molar-refractivity contribution in [3.63, 3.8) is 0 Å². The first-order valence-corrected chi connectivity index (χ1v) is 5.51. The Labute approximate surface area is 109 Å². The largest absolute Gasteiger partial charge is 0.424 e. The highest BCUT2D eigenvalue weighted by Crippen LogP contribution is 2.25. The van der Waals surface area contributed by atoms with Gasteiger partial charge >= 0.3 is 6.01 Å². The van der Waals surface area contributed by atoms with Crippen molar-refractivity contribution in [2.75, 3.05) is 5.73 Å². The van der Waals surface area contributed by atoms with E-state index in [9.17, 15) is 4.39 Å². The quantitative estimate of drug-likeness (QED) is 0.921. The molecule has 88 valence electrons. The average molecular weight is 320 g/mol. The highest BCUT2D eigenvalue weighted by atomic mass is 79.9. The number of rotatable bonds is 2. The molecule has 2 aromatic rings. The molecule has 0 fully saturated rings. The van der Waals surface area contributed by atoms with Gasteiger partial charge in [-0.3, -0.25) is 0 Å². The zero-order valence-electron chi connectivity index (χ0n) is 8.19. The molecule has 17 heavy (non-hydrogen) atoms. The van der Waals surface area contributed by atoms with Crippen LogP contribution in [0.25, 0.3) is 0 Å². The molecule has 2 rings (SSSR count). The second kappa shape index (κ2) is 4.80. The number of hydrogen-bond acceptors (Lipinski definition) is 5. The summed E-state index contributed by atoms with van der Waals surface area (Å²) in [5.74, 6) is -0.105. The van der Waals surface area contributed by atoms with Gasteiger partial charge in [-0.2, -0.15) is 15.0 Å². The van der Waals surface area contributed by atoms with E-state index in [-0.39, 0.29) is 21.7 Å². The van der Waals surface area contributed by atoms with Crippen LogP contribution in [0.1, 0.15) is 0 Å². The summed E-state index contributed by atoms with van der Waals surface area (Å²) in [4.78, 5) is 11.0. The summed E-state index contributed by atoms with van der Waals surface area (Å²) in [6.45, 7) is 0. The first-order valence-electron chi connectivity index (χ1n) is 4.34. The Kier molecular flexibility index (Phi) is 3.39. The molecular formula is C9H5BrClFN4O. The number of anilines is 1. The van der Waals surface area contributed by atoms with Crippen LogP contribution in [-0.2, 0) is 0 Å². The molecule has 0 amide bonds. The summed E-state index contributed by atoms with van der Waals surface area (Å²) in [6, 6.07) is 4.05. The third-order valence-electron chi connectivity index (χ3n) is 1.71. The van der Waals surface area contributed by atoms with Crippen molar-refractivity contribution in [2.24, 2.45) is 0 Å². The zero-order chi connectivity index (χ0) is 12.4. The fourth-order valence-corrected chi connectivity index (χ4v) is 1.55. The molecule has 5 nitrogen and oxygen atoms in total. The summed E-state index contributed by atoms with van der Waals surface area (Å²) < 4.78 is 18.5. The molecule has 0 aliphatic rings. The summed E-state index contributed by atoms with van der Waals surface area (Å²) >= 11 is 8.61. The van der Waals surface area contributed by atoms with Crippen LogP contribution in [0.2, 0.25) is 5.28 Å². The Morgan fingerprint density at radius 2 is 2.06 bits per heavy atom. The van der Waals surface area contributed by atoms with E-state index in [0.29, 0.717) is 5.75 Å². The predicted molar refractivity (Wildman–Crippen MR) is 63.4 cm³/mol. The summed E-state index contributed by atoms with van der Waals surface area (Å²) in [5.41, 5.74) is 5.37. The number of benzene rings is 1. The molecule has 0 unspecified atom stereocenters. The molecule has 0 saturated carbocycles. The molecule has 1 aromatic heterocycles. The Hall–Kier alpha value is -1.47. The molecule has 1 aromatic carbocycles. The van der Waals surface area contributed by atoms with Crippen molar-refractivity contribution >= 4 is 33.5 Å². The van der Waals surface area contributed by atoms with Gasteiger partial charge in [0.1, 0.15) is 11.6 Å². The monoisotopic (exact) mass is 318 g/mol. The van der Waals surface area contributed by atoms with E-state index >= 15 is 0 Å².